The van der Waals surface area contributed by atoms with E-state index < -0.39 is 6.04 Å². The Morgan fingerprint density at radius 3 is 2.45 bits per heavy atom. The number of nitrogens with one attached hydrogen (secondary N) is 1. The normalized spacial score (nSPS) is 15.8. The van der Waals surface area contributed by atoms with Gasteiger partial charge in [0.15, 0.2) is 5.11 Å². The molecule has 2 amide bonds. The van der Waals surface area contributed by atoms with E-state index in [9.17, 15) is 14.0 Å². The Hall–Kier alpha value is -2.81. The summed E-state index contributed by atoms with van der Waals surface area (Å²) >= 11 is 15.1. The maximum absolute atomic E-state index is 13.4. The SMILES string of the molecule is O=C(CC1C(=O)N(c2cccc(Cl)c2)C(=S)N1Cc1ccc(F)cc1)Nc1ccc(Br)cc1. The predicted molar refractivity (Wildman–Crippen MR) is 135 cm³/mol. The Morgan fingerprint density at radius 1 is 1.09 bits per heavy atom. The smallest absolute Gasteiger partial charge is 0.256 e. The topological polar surface area (TPSA) is 52.7 Å². The minimum absolute atomic E-state index is 0.104. The number of carbonyl (C=O) groups excluding carboxylic acids is 2. The quantitative estimate of drug-likeness (QED) is 0.399. The van der Waals surface area contributed by atoms with Crippen LogP contribution < -0.4 is 10.2 Å². The molecule has 1 atom stereocenters. The van der Waals surface area contributed by atoms with Gasteiger partial charge >= 0.3 is 0 Å². The number of anilines is 2. The molecular formula is C24H18BrClFN3O2S. The maximum atomic E-state index is 13.4. The summed E-state index contributed by atoms with van der Waals surface area (Å²) in [7, 11) is 0. The number of hydrogen-bond acceptors (Lipinski definition) is 3. The van der Waals surface area contributed by atoms with E-state index >= 15 is 0 Å². The summed E-state index contributed by atoms with van der Waals surface area (Å²) in [5.74, 6) is -1.00. The molecule has 0 aromatic heterocycles. The van der Waals surface area contributed by atoms with Crippen molar-refractivity contribution in [2.75, 3.05) is 10.2 Å². The van der Waals surface area contributed by atoms with E-state index in [1.165, 1.54) is 17.0 Å². The van der Waals surface area contributed by atoms with Crippen molar-refractivity contribution in [1.29, 1.82) is 0 Å². The molecule has 5 nitrogen and oxygen atoms in total. The molecule has 168 valence electrons. The van der Waals surface area contributed by atoms with Crippen molar-refractivity contribution in [2.24, 2.45) is 0 Å². The fraction of sp³-hybridized carbons (Fsp3) is 0.125. The number of thiocarbonyl (C=S) groups is 1. The number of amides is 2. The van der Waals surface area contributed by atoms with Gasteiger partial charge in [-0.2, -0.15) is 0 Å². The molecule has 1 saturated heterocycles. The van der Waals surface area contributed by atoms with Crippen LogP contribution >= 0.6 is 39.7 Å². The zero-order chi connectivity index (χ0) is 23.5. The van der Waals surface area contributed by atoms with Crippen molar-refractivity contribution >= 4 is 68.1 Å². The lowest BCUT2D eigenvalue weighted by Gasteiger charge is -2.24. The fourth-order valence-corrected chi connectivity index (χ4v) is 4.41. The molecule has 0 saturated carbocycles. The van der Waals surface area contributed by atoms with Gasteiger partial charge in [-0.1, -0.05) is 45.7 Å². The number of benzene rings is 3. The molecule has 1 unspecified atom stereocenters. The fourth-order valence-electron chi connectivity index (χ4n) is 3.57. The van der Waals surface area contributed by atoms with E-state index in [4.69, 9.17) is 23.8 Å². The van der Waals surface area contributed by atoms with Crippen LogP contribution in [0.5, 0.6) is 0 Å². The summed E-state index contributed by atoms with van der Waals surface area (Å²) < 4.78 is 14.3. The van der Waals surface area contributed by atoms with Crippen LogP contribution in [-0.4, -0.2) is 27.9 Å². The molecule has 0 aliphatic carbocycles. The van der Waals surface area contributed by atoms with Crippen LogP contribution in [0.4, 0.5) is 15.8 Å². The first-order chi connectivity index (χ1) is 15.8. The van der Waals surface area contributed by atoms with E-state index in [-0.39, 0.29) is 35.7 Å². The highest BCUT2D eigenvalue weighted by molar-refractivity contribution is 9.10. The van der Waals surface area contributed by atoms with Crippen LogP contribution in [0.2, 0.25) is 5.02 Å². The molecule has 1 aliphatic heterocycles. The van der Waals surface area contributed by atoms with E-state index in [2.05, 4.69) is 21.2 Å². The molecule has 4 rings (SSSR count). The van der Waals surface area contributed by atoms with Gasteiger partial charge in [-0.3, -0.25) is 14.5 Å². The lowest BCUT2D eigenvalue weighted by Crippen LogP contribution is -2.37. The van der Waals surface area contributed by atoms with Gasteiger partial charge in [0.05, 0.1) is 12.1 Å². The van der Waals surface area contributed by atoms with Crippen molar-refractivity contribution in [3.05, 3.63) is 93.7 Å². The van der Waals surface area contributed by atoms with Crippen LogP contribution in [0, 0.1) is 5.82 Å². The summed E-state index contributed by atoms with van der Waals surface area (Å²) in [6, 6.07) is 19.1. The third-order valence-electron chi connectivity index (χ3n) is 5.16. The van der Waals surface area contributed by atoms with Crippen molar-refractivity contribution in [2.45, 2.75) is 19.0 Å². The highest BCUT2D eigenvalue weighted by Gasteiger charge is 2.44. The number of nitrogens with zero attached hydrogens (tertiary/aromatic N) is 2. The van der Waals surface area contributed by atoms with Crippen LogP contribution in [0.25, 0.3) is 0 Å². The van der Waals surface area contributed by atoms with Gasteiger partial charge in [-0.15, -0.1) is 0 Å². The predicted octanol–water partition coefficient (Wildman–Crippen LogP) is 5.77. The summed E-state index contributed by atoms with van der Waals surface area (Å²) in [4.78, 5) is 29.3. The first-order valence-electron chi connectivity index (χ1n) is 10.0. The second-order valence-corrected chi connectivity index (χ2v) is 9.18. The van der Waals surface area contributed by atoms with Crippen molar-refractivity contribution in [3.63, 3.8) is 0 Å². The Labute approximate surface area is 209 Å². The summed E-state index contributed by atoms with van der Waals surface area (Å²) in [6.45, 7) is 0.248. The number of rotatable bonds is 6. The molecule has 9 heteroatoms. The second-order valence-electron chi connectivity index (χ2n) is 7.47. The zero-order valence-electron chi connectivity index (χ0n) is 17.2. The van der Waals surface area contributed by atoms with Crippen molar-refractivity contribution in [3.8, 4) is 0 Å². The molecule has 1 aliphatic rings. The van der Waals surface area contributed by atoms with E-state index in [1.807, 2.05) is 12.1 Å². The van der Waals surface area contributed by atoms with Gasteiger partial charge in [0.1, 0.15) is 11.9 Å². The Morgan fingerprint density at radius 2 is 1.79 bits per heavy atom. The minimum atomic E-state index is -0.822. The van der Waals surface area contributed by atoms with Crippen LogP contribution in [0.3, 0.4) is 0 Å². The zero-order valence-corrected chi connectivity index (χ0v) is 20.3. The van der Waals surface area contributed by atoms with Crippen molar-refractivity contribution in [1.82, 2.24) is 4.90 Å². The first kappa shape index (κ1) is 23.4. The van der Waals surface area contributed by atoms with Crippen LogP contribution in [-0.2, 0) is 16.1 Å². The van der Waals surface area contributed by atoms with E-state index in [0.29, 0.717) is 16.4 Å². The van der Waals surface area contributed by atoms with E-state index in [0.717, 1.165) is 10.0 Å². The molecule has 3 aromatic rings. The molecule has 0 bridgehead atoms. The highest BCUT2D eigenvalue weighted by Crippen LogP contribution is 2.30. The largest absolute Gasteiger partial charge is 0.332 e. The lowest BCUT2D eigenvalue weighted by atomic mass is 10.1. The molecule has 3 aromatic carbocycles. The molecule has 1 heterocycles. The highest BCUT2D eigenvalue weighted by atomic mass is 79.9. The molecular weight excluding hydrogens is 529 g/mol. The summed E-state index contributed by atoms with van der Waals surface area (Å²) in [5, 5.41) is 3.54. The number of hydrogen-bond donors (Lipinski definition) is 1. The minimum Gasteiger partial charge on any atom is -0.332 e. The van der Waals surface area contributed by atoms with Gasteiger partial charge in [0.2, 0.25) is 5.91 Å². The van der Waals surface area contributed by atoms with Gasteiger partial charge in [0, 0.05) is 21.7 Å². The number of halogens is 3. The van der Waals surface area contributed by atoms with Gasteiger partial charge < -0.3 is 10.2 Å². The third-order valence-corrected chi connectivity index (χ3v) is 6.34. The molecule has 1 fully saturated rings. The summed E-state index contributed by atoms with van der Waals surface area (Å²) in [6.07, 6.45) is -0.104. The monoisotopic (exact) mass is 545 g/mol. The van der Waals surface area contributed by atoms with Crippen molar-refractivity contribution < 1.29 is 14.0 Å². The molecule has 0 radical (unpaired) electrons. The standard InChI is InChI=1S/C24H18BrClFN3O2S/c25-16-6-10-19(11-7-16)28-22(31)13-21-23(32)30(20-3-1-2-17(26)12-20)24(33)29(21)14-15-4-8-18(27)9-5-15/h1-12,21H,13-14H2,(H,28,31). The molecule has 33 heavy (non-hydrogen) atoms. The average Bonchev–Trinajstić information content (AvgIpc) is 3.00. The van der Waals surface area contributed by atoms with Crippen LogP contribution in [0.15, 0.2) is 77.3 Å². The van der Waals surface area contributed by atoms with Gasteiger partial charge in [-0.05, 0) is 72.4 Å². The van der Waals surface area contributed by atoms with Gasteiger partial charge in [-0.25, -0.2) is 4.39 Å². The second kappa shape index (κ2) is 9.99. The molecule has 1 N–H and O–H groups in total. The maximum Gasteiger partial charge on any atom is 0.256 e. The van der Waals surface area contributed by atoms with Gasteiger partial charge in [0.25, 0.3) is 5.91 Å². The number of carbonyl (C=O) groups is 2. The Bertz CT molecular complexity index is 1210. The lowest BCUT2D eigenvalue weighted by molar-refractivity contribution is -0.124. The summed E-state index contributed by atoms with van der Waals surface area (Å²) in [5.41, 5.74) is 1.91. The Kier molecular flexibility index (Phi) is 7.07. The molecule has 0 spiro atoms. The average molecular weight is 547 g/mol. The Balaban J connectivity index is 1.60. The van der Waals surface area contributed by atoms with Crippen LogP contribution in [0.1, 0.15) is 12.0 Å². The van der Waals surface area contributed by atoms with E-state index in [1.54, 1.807) is 53.4 Å². The third kappa shape index (κ3) is 5.40. The first-order valence-corrected chi connectivity index (χ1v) is 11.6.